The number of phenolic OH excluding ortho intramolecular Hbond substituents is 1. The number of benzene rings is 1. The fourth-order valence-electron chi connectivity index (χ4n) is 2.41. The molecule has 116 valence electrons. The summed E-state index contributed by atoms with van der Waals surface area (Å²) in [5.41, 5.74) is 3.19. The molecule has 3 heteroatoms. The molecule has 0 fully saturated rings. The molecule has 0 unspecified atom stereocenters. The van der Waals surface area contributed by atoms with Crippen molar-refractivity contribution in [2.24, 2.45) is 0 Å². The fraction of sp³-hybridized carbons (Fsp3) is 0.316. The SMILES string of the molecule is C=C(CCC=C(C)C)CCc1c(O)ccc2ccc(=O)oc12. The molecule has 0 saturated carbocycles. The first-order valence-electron chi connectivity index (χ1n) is 7.52. The van der Waals surface area contributed by atoms with E-state index >= 15 is 0 Å². The van der Waals surface area contributed by atoms with Crippen LogP contribution in [0.15, 0.2) is 57.3 Å². The highest BCUT2D eigenvalue weighted by Gasteiger charge is 2.10. The Bertz CT molecular complexity index is 762. The van der Waals surface area contributed by atoms with Gasteiger partial charge in [-0.15, -0.1) is 0 Å². The van der Waals surface area contributed by atoms with E-state index in [1.54, 1.807) is 18.2 Å². The number of aryl methyl sites for hydroxylation is 1. The Morgan fingerprint density at radius 3 is 2.68 bits per heavy atom. The largest absolute Gasteiger partial charge is 0.508 e. The summed E-state index contributed by atoms with van der Waals surface area (Å²) in [5, 5.41) is 10.9. The van der Waals surface area contributed by atoms with Crippen LogP contribution in [0.3, 0.4) is 0 Å². The average Bonchev–Trinajstić information content (AvgIpc) is 2.45. The minimum atomic E-state index is -0.401. The van der Waals surface area contributed by atoms with Crippen LogP contribution in [-0.4, -0.2) is 5.11 Å². The third-order valence-corrected chi connectivity index (χ3v) is 3.65. The Labute approximate surface area is 130 Å². The quantitative estimate of drug-likeness (QED) is 0.619. The van der Waals surface area contributed by atoms with Crippen LogP contribution in [0.4, 0.5) is 0 Å². The molecule has 0 aliphatic heterocycles. The monoisotopic (exact) mass is 298 g/mol. The summed E-state index contributed by atoms with van der Waals surface area (Å²) in [6.45, 7) is 8.26. The lowest BCUT2D eigenvalue weighted by Gasteiger charge is -2.09. The van der Waals surface area contributed by atoms with Gasteiger partial charge in [0.05, 0.1) is 0 Å². The van der Waals surface area contributed by atoms with Crippen molar-refractivity contribution in [3.05, 3.63) is 64.1 Å². The summed E-state index contributed by atoms with van der Waals surface area (Å²) in [6.07, 6.45) is 5.49. The molecular formula is C19H22O3. The summed E-state index contributed by atoms with van der Waals surface area (Å²) in [5.74, 6) is 0.166. The fourth-order valence-corrected chi connectivity index (χ4v) is 2.41. The van der Waals surface area contributed by atoms with E-state index in [2.05, 4.69) is 26.5 Å². The number of hydrogen-bond donors (Lipinski definition) is 1. The van der Waals surface area contributed by atoms with Crippen molar-refractivity contribution in [1.29, 1.82) is 0 Å². The highest BCUT2D eigenvalue weighted by atomic mass is 16.4. The molecule has 2 aromatic rings. The number of fused-ring (bicyclic) bond motifs is 1. The number of phenols is 1. The standard InChI is InChI=1S/C19H22O3/c1-13(2)5-4-6-14(3)7-10-16-17(20)11-8-15-9-12-18(21)22-19(15)16/h5,8-9,11-12,20H,3-4,6-7,10H2,1-2H3. The van der Waals surface area contributed by atoms with Crippen LogP contribution in [0.25, 0.3) is 11.0 Å². The second kappa shape index (κ2) is 7.12. The van der Waals surface area contributed by atoms with Gasteiger partial charge in [0.25, 0.3) is 0 Å². The number of aromatic hydroxyl groups is 1. The molecule has 2 rings (SSSR count). The van der Waals surface area contributed by atoms with E-state index in [1.165, 1.54) is 11.6 Å². The van der Waals surface area contributed by atoms with Crippen LogP contribution in [-0.2, 0) is 6.42 Å². The molecule has 0 radical (unpaired) electrons. The normalized spacial score (nSPS) is 10.6. The van der Waals surface area contributed by atoms with Crippen LogP contribution < -0.4 is 5.63 Å². The van der Waals surface area contributed by atoms with Crippen LogP contribution in [0.2, 0.25) is 0 Å². The molecule has 0 aliphatic carbocycles. The van der Waals surface area contributed by atoms with Gasteiger partial charge in [-0.25, -0.2) is 4.79 Å². The molecule has 0 bridgehead atoms. The summed E-state index contributed by atoms with van der Waals surface area (Å²) in [7, 11) is 0. The number of hydrogen-bond acceptors (Lipinski definition) is 3. The van der Waals surface area contributed by atoms with Gasteiger partial charge in [0.1, 0.15) is 11.3 Å². The Morgan fingerprint density at radius 1 is 1.23 bits per heavy atom. The number of allylic oxidation sites excluding steroid dienone is 3. The Hall–Kier alpha value is -2.29. The smallest absolute Gasteiger partial charge is 0.336 e. The van der Waals surface area contributed by atoms with Crippen molar-refractivity contribution in [3.63, 3.8) is 0 Å². The van der Waals surface area contributed by atoms with E-state index in [4.69, 9.17) is 4.42 Å². The van der Waals surface area contributed by atoms with Gasteiger partial charge >= 0.3 is 5.63 Å². The van der Waals surface area contributed by atoms with E-state index in [0.717, 1.165) is 30.2 Å². The molecule has 1 heterocycles. The highest BCUT2D eigenvalue weighted by molar-refractivity contribution is 5.81. The topological polar surface area (TPSA) is 50.4 Å². The van der Waals surface area contributed by atoms with E-state index in [9.17, 15) is 9.90 Å². The van der Waals surface area contributed by atoms with Gasteiger partial charge < -0.3 is 9.52 Å². The van der Waals surface area contributed by atoms with Gasteiger partial charge in [-0.05, 0) is 57.7 Å². The molecular weight excluding hydrogens is 276 g/mol. The summed E-state index contributed by atoms with van der Waals surface area (Å²) in [4.78, 5) is 11.4. The first kappa shape index (κ1) is 16.1. The van der Waals surface area contributed by atoms with Crippen molar-refractivity contribution < 1.29 is 9.52 Å². The summed E-state index contributed by atoms with van der Waals surface area (Å²) < 4.78 is 5.26. The Balaban J connectivity index is 2.12. The second-order valence-electron chi connectivity index (χ2n) is 5.81. The second-order valence-corrected chi connectivity index (χ2v) is 5.81. The summed E-state index contributed by atoms with van der Waals surface area (Å²) in [6, 6.07) is 6.50. The molecule has 1 aromatic heterocycles. The van der Waals surface area contributed by atoms with Crippen molar-refractivity contribution in [3.8, 4) is 5.75 Å². The molecule has 1 N–H and O–H groups in total. The van der Waals surface area contributed by atoms with E-state index in [1.807, 2.05) is 0 Å². The zero-order valence-corrected chi connectivity index (χ0v) is 13.2. The molecule has 22 heavy (non-hydrogen) atoms. The maximum atomic E-state index is 11.4. The van der Waals surface area contributed by atoms with Gasteiger partial charge in [0.15, 0.2) is 0 Å². The minimum absolute atomic E-state index is 0.166. The molecule has 0 saturated heterocycles. The molecule has 0 amide bonds. The molecule has 0 atom stereocenters. The van der Waals surface area contributed by atoms with Crippen LogP contribution in [0.5, 0.6) is 5.75 Å². The highest BCUT2D eigenvalue weighted by Crippen LogP contribution is 2.28. The first-order valence-corrected chi connectivity index (χ1v) is 7.52. The lowest BCUT2D eigenvalue weighted by Crippen LogP contribution is -1.98. The lowest BCUT2D eigenvalue weighted by atomic mass is 9.99. The van der Waals surface area contributed by atoms with Crippen molar-refractivity contribution >= 4 is 11.0 Å². The van der Waals surface area contributed by atoms with Crippen molar-refractivity contribution in [2.45, 2.75) is 39.5 Å². The molecule has 1 aromatic carbocycles. The first-order chi connectivity index (χ1) is 10.5. The van der Waals surface area contributed by atoms with E-state index in [-0.39, 0.29) is 5.75 Å². The van der Waals surface area contributed by atoms with Crippen LogP contribution in [0, 0.1) is 0 Å². The third-order valence-electron chi connectivity index (χ3n) is 3.65. The van der Waals surface area contributed by atoms with Gasteiger partial charge in [0.2, 0.25) is 0 Å². The van der Waals surface area contributed by atoms with Crippen LogP contribution >= 0.6 is 0 Å². The Kier molecular flexibility index (Phi) is 5.21. The average molecular weight is 298 g/mol. The lowest BCUT2D eigenvalue weighted by molar-refractivity contribution is 0.464. The zero-order valence-electron chi connectivity index (χ0n) is 13.2. The van der Waals surface area contributed by atoms with Gasteiger partial charge in [-0.2, -0.15) is 0 Å². The van der Waals surface area contributed by atoms with Crippen molar-refractivity contribution in [2.75, 3.05) is 0 Å². The van der Waals surface area contributed by atoms with Gasteiger partial charge in [-0.3, -0.25) is 0 Å². The van der Waals surface area contributed by atoms with E-state index < -0.39 is 5.63 Å². The maximum absolute atomic E-state index is 11.4. The van der Waals surface area contributed by atoms with Crippen LogP contribution in [0.1, 0.15) is 38.7 Å². The number of rotatable bonds is 6. The maximum Gasteiger partial charge on any atom is 0.336 e. The van der Waals surface area contributed by atoms with E-state index in [0.29, 0.717) is 17.6 Å². The minimum Gasteiger partial charge on any atom is -0.508 e. The zero-order chi connectivity index (χ0) is 16.1. The van der Waals surface area contributed by atoms with Crippen molar-refractivity contribution in [1.82, 2.24) is 0 Å². The molecule has 0 spiro atoms. The third kappa shape index (κ3) is 4.10. The summed E-state index contributed by atoms with van der Waals surface area (Å²) >= 11 is 0. The molecule has 0 aliphatic rings. The van der Waals surface area contributed by atoms with Gasteiger partial charge in [-0.1, -0.05) is 23.8 Å². The Morgan fingerprint density at radius 2 is 1.95 bits per heavy atom. The predicted octanol–water partition coefficient (Wildman–Crippen LogP) is 4.73. The predicted molar refractivity (Wildman–Crippen MR) is 90.3 cm³/mol. The van der Waals surface area contributed by atoms with Gasteiger partial charge in [0, 0.05) is 17.0 Å². The molecule has 3 nitrogen and oxygen atoms in total.